The first kappa shape index (κ1) is 38.4. The first-order chi connectivity index (χ1) is 21.8. The molecule has 0 aromatic rings. The van der Waals surface area contributed by atoms with Crippen molar-refractivity contribution in [3.8, 4) is 0 Å². The van der Waals surface area contributed by atoms with Gasteiger partial charge in [0.1, 0.15) is 6.10 Å². The van der Waals surface area contributed by atoms with E-state index in [1.165, 1.54) is 44.9 Å². The zero-order valence-corrected chi connectivity index (χ0v) is 28.5. The van der Waals surface area contributed by atoms with E-state index in [2.05, 4.69) is 6.92 Å². The molecule has 8 heteroatoms. The van der Waals surface area contributed by atoms with Gasteiger partial charge < -0.3 is 34.6 Å². The predicted octanol–water partition coefficient (Wildman–Crippen LogP) is 6.83. The largest absolute Gasteiger partial charge is 0.455 e. The summed E-state index contributed by atoms with van der Waals surface area (Å²) in [5.74, 6) is -0.138. The molecule has 3 aliphatic heterocycles. The monoisotopic (exact) mass is 638 g/mol. The highest BCUT2D eigenvalue weighted by Crippen LogP contribution is 2.31. The van der Waals surface area contributed by atoms with Crippen molar-refractivity contribution in [1.29, 1.82) is 0 Å². The summed E-state index contributed by atoms with van der Waals surface area (Å²) < 4.78 is 17.4. The number of unbranched alkanes of at least 4 members (excludes halogenated alkanes) is 9. The highest BCUT2D eigenvalue weighted by molar-refractivity contribution is 5.90. The quantitative estimate of drug-likeness (QED) is 0.0634. The topological polar surface area (TPSA) is 126 Å². The molecule has 0 saturated carbocycles. The summed E-state index contributed by atoms with van der Waals surface area (Å²) in [5.41, 5.74) is 0.846. The van der Waals surface area contributed by atoms with Gasteiger partial charge in [0.25, 0.3) is 0 Å². The average molecular weight is 639 g/mol. The Labute approximate surface area is 273 Å². The Kier molecular flexibility index (Phi) is 18.6. The molecule has 3 rings (SSSR count). The summed E-state index contributed by atoms with van der Waals surface area (Å²) >= 11 is 0. The van der Waals surface area contributed by atoms with Gasteiger partial charge in [-0.15, -0.1) is 0 Å². The molecule has 0 aliphatic carbocycles. The Bertz CT molecular complexity index is 833. The summed E-state index contributed by atoms with van der Waals surface area (Å²) in [6, 6.07) is 0. The summed E-state index contributed by atoms with van der Waals surface area (Å²) in [7, 11) is 0. The maximum absolute atomic E-state index is 11.7. The Morgan fingerprint density at radius 2 is 1.22 bits per heavy atom. The van der Waals surface area contributed by atoms with Crippen molar-refractivity contribution in [1.82, 2.24) is 0 Å². The molecule has 2 saturated heterocycles. The van der Waals surface area contributed by atoms with Crippen LogP contribution in [0.15, 0.2) is 11.6 Å². The zero-order chi connectivity index (χ0) is 32.4. The minimum Gasteiger partial charge on any atom is -0.455 e. The predicted molar refractivity (Wildman–Crippen MR) is 177 cm³/mol. The lowest BCUT2D eigenvalue weighted by Crippen LogP contribution is -2.33. The van der Waals surface area contributed by atoms with Gasteiger partial charge in [0.15, 0.2) is 0 Å². The molecule has 3 heterocycles. The van der Waals surface area contributed by atoms with Gasteiger partial charge in [-0.3, -0.25) is 0 Å². The molecular formula is C37H66O8. The number of carbonyl (C=O) groups excluding carboxylic acids is 1. The van der Waals surface area contributed by atoms with Crippen LogP contribution in [0.2, 0.25) is 0 Å². The minimum atomic E-state index is -0.654. The third-order valence-corrected chi connectivity index (χ3v) is 10.2. The Morgan fingerprint density at radius 3 is 1.87 bits per heavy atom. The number of aliphatic hydroxyl groups excluding tert-OH is 4. The zero-order valence-electron chi connectivity index (χ0n) is 28.5. The molecule has 0 bridgehead atoms. The fourth-order valence-corrected chi connectivity index (χ4v) is 7.28. The molecule has 2 fully saturated rings. The van der Waals surface area contributed by atoms with Crippen molar-refractivity contribution in [3.63, 3.8) is 0 Å². The number of hydrogen-bond acceptors (Lipinski definition) is 8. The molecule has 0 amide bonds. The van der Waals surface area contributed by atoms with E-state index in [4.69, 9.17) is 14.2 Å². The highest BCUT2D eigenvalue weighted by atomic mass is 16.5. The molecule has 262 valence electrons. The van der Waals surface area contributed by atoms with Gasteiger partial charge in [-0.1, -0.05) is 71.1 Å². The fraction of sp³-hybridized carbons (Fsp3) is 0.919. The van der Waals surface area contributed by atoms with Gasteiger partial charge in [0, 0.05) is 5.57 Å². The summed E-state index contributed by atoms with van der Waals surface area (Å²) in [5, 5.41) is 42.3. The van der Waals surface area contributed by atoms with Crippen LogP contribution in [0.4, 0.5) is 0 Å². The standard InChI is InChI=1S/C37H66O8/c1-3-4-5-12-16-29(38)17-14-19-31(39)35-24-25-36(45-35)33(41)22-21-32(40)34-23-20-30(44-34)18-13-10-8-6-7-9-11-15-28-26-27(2)43-37(28)42/h26-27,29-36,38-41H,3-25H2,1-2H3/t27-,29-,30-,31-,32+,33+,34+,35+,36+/m0/s1. The van der Waals surface area contributed by atoms with Crippen molar-refractivity contribution < 1.29 is 39.4 Å². The third kappa shape index (κ3) is 14.7. The number of carbonyl (C=O) groups is 1. The minimum absolute atomic E-state index is 0.0675. The van der Waals surface area contributed by atoms with Gasteiger partial charge >= 0.3 is 5.97 Å². The van der Waals surface area contributed by atoms with E-state index in [0.717, 1.165) is 82.6 Å². The lowest BCUT2D eigenvalue weighted by molar-refractivity contribution is -0.139. The second-order valence-corrected chi connectivity index (χ2v) is 14.2. The van der Waals surface area contributed by atoms with Crippen LogP contribution in [0.25, 0.3) is 0 Å². The molecule has 0 spiro atoms. The molecule has 45 heavy (non-hydrogen) atoms. The second-order valence-electron chi connectivity index (χ2n) is 14.2. The van der Waals surface area contributed by atoms with Crippen LogP contribution in [0.1, 0.15) is 162 Å². The Hall–Kier alpha value is -1.03. The van der Waals surface area contributed by atoms with Crippen LogP contribution in [0.3, 0.4) is 0 Å². The number of rotatable bonds is 25. The molecular weight excluding hydrogens is 572 g/mol. The van der Waals surface area contributed by atoms with Crippen LogP contribution < -0.4 is 0 Å². The fourth-order valence-electron chi connectivity index (χ4n) is 7.28. The highest BCUT2D eigenvalue weighted by Gasteiger charge is 2.36. The van der Waals surface area contributed by atoms with Crippen LogP contribution in [-0.2, 0) is 19.0 Å². The van der Waals surface area contributed by atoms with Crippen LogP contribution in [0.5, 0.6) is 0 Å². The summed E-state index contributed by atoms with van der Waals surface area (Å²) in [4.78, 5) is 11.7. The molecule has 0 radical (unpaired) electrons. The van der Waals surface area contributed by atoms with E-state index in [9.17, 15) is 25.2 Å². The van der Waals surface area contributed by atoms with Crippen molar-refractivity contribution >= 4 is 5.97 Å². The van der Waals surface area contributed by atoms with Gasteiger partial charge in [-0.25, -0.2) is 4.79 Å². The van der Waals surface area contributed by atoms with Crippen LogP contribution in [-0.4, -0.2) is 81.3 Å². The van der Waals surface area contributed by atoms with Gasteiger partial charge in [-0.05, 0) is 96.5 Å². The van der Waals surface area contributed by atoms with Crippen LogP contribution >= 0.6 is 0 Å². The van der Waals surface area contributed by atoms with Gasteiger partial charge in [-0.2, -0.15) is 0 Å². The molecule has 4 N–H and O–H groups in total. The van der Waals surface area contributed by atoms with E-state index >= 15 is 0 Å². The first-order valence-electron chi connectivity index (χ1n) is 18.7. The van der Waals surface area contributed by atoms with Crippen molar-refractivity contribution in [2.45, 2.75) is 216 Å². The summed E-state index contributed by atoms with van der Waals surface area (Å²) in [6.45, 7) is 4.09. The van der Waals surface area contributed by atoms with E-state index in [-0.39, 0.29) is 42.6 Å². The Balaban J connectivity index is 1.16. The number of ether oxygens (including phenoxy) is 3. The van der Waals surface area contributed by atoms with Crippen molar-refractivity contribution in [2.24, 2.45) is 0 Å². The first-order valence-corrected chi connectivity index (χ1v) is 18.7. The molecule has 0 aromatic carbocycles. The maximum atomic E-state index is 11.7. The SMILES string of the molecule is CCCCCC[C@H](O)CCC[C@H](O)[C@H]1CC[C@H]([C@H](O)CC[C@@H](O)[C@H]2CC[C@H](CCCCCCCCCC3=C[C@H](C)OC3=O)O2)O1. The van der Waals surface area contributed by atoms with E-state index in [1.54, 1.807) is 0 Å². The van der Waals surface area contributed by atoms with Crippen molar-refractivity contribution in [2.75, 3.05) is 0 Å². The Morgan fingerprint density at radius 1 is 0.667 bits per heavy atom. The third-order valence-electron chi connectivity index (χ3n) is 10.2. The molecule has 9 atom stereocenters. The maximum Gasteiger partial charge on any atom is 0.334 e. The average Bonchev–Trinajstić information content (AvgIpc) is 3.77. The van der Waals surface area contributed by atoms with Gasteiger partial charge in [0.05, 0.1) is 48.8 Å². The van der Waals surface area contributed by atoms with E-state index in [1.807, 2.05) is 13.0 Å². The van der Waals surface area contributed by atoms with Crippen molar-refractivity contribution in [3.05, 3.63) is 11.6 Å². The molecule has 0 aromatic heterocycles. The molecule has 3 aliphatic rings. The molecule has 8 nitrogen and oxygen atoms in total. The number of hydrogen-bond donors (Lipinski definition) is 4. The van der Waals surface area contributed by atoms with E-state index < -0.39 is 18.3 Å². The lowest BCUT2D eigenvalue weighted by Gasteiger charge is -2.24. The van der Waals surface area contributed by atoms with Gasteiger partial charge in [0.2, 0.25) is 0 Å². The van der Waals surface area contributed by atoms with E-state index in [0.29, 0.717) is 25.7 Å². The summed E-state index contributed by atoms with van der Waals surface area (Å²) in [6.07, 6.45) is 21.2. The lowest BCUT2D eigenvalue weighted by atomic mass is 9.98. The smallest absolute Gasteiger partial charge is 0.334 e. The second kappa shape index (κ2) is 21.8. The number of cyclic esters (lactones) is 1. The van der Waals surface area contributed by atoms with Crippen LogP contribution in [0, 0.1) is 0 Å². The number of esters is 1. The molecule has 0 unspecified atom stereocenters. The number of aliphatic hydroxyl groups is 4. The normalized spacial score (nSPS) is 27.8.